The molecule has 2 N–H and O–H groups in total. The number of hydrogen-bond donors (Lipinski definition) is 2. The molecular formula is C20H21FN2O4. The Morgan fingerprint density at radius 3 is 2.67 bits per heavy atom. The molecule has 2 aromatic rings. The maximum absolute atomic E-state index is 12.9. The fraction of sp³-hybridized carbons (Fsp3) is 0.300. The third-order valence-electron chi connectivity index (χ3n) is 4.13. The van der Waals surface area contributed by atoms with E-state index in [-0.39, 0.29) is 24.4 Å². The molecule has 0 aromatic heterocycles. The SMILES string of the molecule is O=C(COc1ccccc1C(=O)NCC1CCCO1)Nc1ccc(F)cc1. The van der Waals surface area contributed by atoms with Crippen LogP contribution in [0.3, 0.4) is 0 Å². The molecule has 1 saturated heterocycles. The highest BCUT2D eigenvalue weighted by Gasteiger charge is 2.18. The summed E-state index contributed by atoms with van der Waals surface area (Å²) in [6.45, 7) is 0.898. The quantitative estimate of drug-likeness (QED) is 0.784. The number of halogens is 1. The number of anilines is 1. The molecule has 0 radical (unpaired) electrons. The fourth-order valence-electron chi connectivity index (χ4n) is 2.76. The molecule has 1 heterocycles. The minimum Gasteiger partial charge on any atom is -0.483 e. The van der Waals surface area contributed by atoms with Crippen LogP contribution in [-0.2, 0) is 9.53 Å². The number of para-hydroxylation sites is 1. The second-order valence-corrected chi connectivity index (χ2v) is 6.18. The van der Waals surface area contributed by atoms with Gasteiger partial charge in [-0.2, -0.15) is 0 Å². The van der Waals surface area contributed by atoms with Crippen molar-refractivity contribution in [3.05, 3.63) is 59.9 Å². The van der Waals surface area contributed by atoms with Gasteiger partial charge < -0.3 is 20.1 Å². The van der Waals surface area contributed by atoms with Gasteiger partial charge in [0.2, 0.25) is 0 Å². The lowest BCUT2D eigenvalue weighted by atomic mass is 10.1. The number of rotatable bonds is 7. The van der Waals surface area contributed by atoms with Gasteiger partial charge in [-0.15, -0.1) is 0 Å². The van der Waals surface area contributed by atoms with Gasteiger partial charge in [-0.1, -0.05) is 12.1 Å². The van der Waals surface area contributed by atoms with E-state index >= 15 is 0 Å². The van der Waals surface area contributed by atoms with Crippen molar-refractivity contribution in [3.63, 3.8) is 0 Å². The van der Waals surface area contributed by atoms with Crippen LogP contribution in [0.4, 0.5) is 10.1 Å². The second kappa shape index (κ2) is 9.14. The zero-order valence-corrected chi connectivity index (χ0v) is 14.7. The summed E-state index contributed by atoms with van der Waals surface area (Å²) in [4.78, 5) is 24.4. The molecule has 0 spiro atoms. The molecule has 0 bridgehead atoms. The van der Waals surface area contributed by atoms with E-state index < -0.39 is 5.91 Å². The molecule has 1 aliphatic rings. The normalized spacial score (nSPS) is 16.0. The van der Waals surface area contributed by atoms with Crippen molar-refractivity contribution in [2.75, 3.05) is 25.1 Å². The number of nitrogens with one attached hydrogen (secondary N) is 2. The minimum atomic E-state index is -0.406. The van der Waals surface area contributed by atoms with Crippen molar-refractivity contribution in [2.24, 2.45) is 0 Å². The van der Waals surface area contributed by atoms with Crippen LogP contribution in [0.2, 0.25) is 0 Å². The Morgan fingerprint density at radius 2 is 1.93 bits per heavy atom. The van der Waals surface area contributed by atoms with E-state index in [1.54, 1.807) is 24.3 Å². The lowest BCUT2D eigenvalue weighted by Crippen LogP contribution is -2.32. The summed E-state index contributed by atoms with van der Waals surface area (Å²) >= 11 is 0. The van der Waals surface area contributed by atoms with E-state index in [1.807, 2.05) is 0 Å². The number of benzene rings is 2. The number of ether oxygens (including phenoxy) is 2. The molecule has 7 heteroatoms. The average molecular weight is 372 g/mol. The first-order chi connectivity index (χ1) is 13.1. The van der Waals surface area contributed by atoms with E-state index in [4.69, 9.17) is 9.47 Å². The fourth-order valence-corrected chi connectivity index (χ4v) is 2.76. The third-order valence-corrected chi connectivity index (χ3v) is 4.13. The summed E-state index contributed by atoms with van der Waals surface area (Å²) in [5.41, 5.74) is 0.817. The predicted molar refractivity (Wildman–Crippen MR) is 98.3 cm³/mol. The Morgan fingerprint density at radius 1 is 1.15 bits per heavy atom. The molecule has 142 valence electrons. The lowest BCUT2D eigenvalue weighted by Gasteiger charge is -2.14. The maximum atomic E-state index is 12.9. The summed E-state index contributed by atoms with van der Waals surface area (Å²) in [5, 5.41) is 5.44. The van der Waals surface area contributed by atoms with E-state index in [0.717, 1.165) is 19.4 Å². The van der Waals surface area contributed by atoms with Crippen LogP contribution in [0.25, 0.3) is 0 Å². The number of amides is 2. The van der Waals surface area contributed by atoms with Gasteiger partial charge in [0.15, 0.2) is 6.61 Å². The summed E-state index contributed by atoms with van der Waals surface area (Å²) in [6.07, 6.45) is 1.98. The summed E-state index contributed by atoms with van der Waals surface area (Å²) < 4.78 is 23.9. The Labute approximate surface area is 156 Å². The molecule has 1 fully saturated rings. The largest absolute Gasteiger partial charge is 0.483 e. The van der Waals surface area contributed by atoms with Crippen LogP contribution in [-0.4, -0.2) is 37.7 Å². The second-order valence-electron chi connectivity index (χ2n) is 6.18. The monoisotopic (exact) mass is 372 g/mol. The van der Waals surface area contributed by atoms with Gasteiger partial charge in [0.1, 0.15) is 11.6 Å². The molecule has 1 unspecified atom stereocenters. The van der Waals surface area contributed by atoms with Crippen molar-refractivity contribution in [1.82, 2.24) is 5.32 Å². The Hall–Kier alpha value is -2.93. The van der Waals surface area contributed by atoms with Gasteiger partial charge in [-0.25, -0.2) is 4.39 Å². The van der Waals surface area contributed by atoms with Gasteiger partial charge in [-0.3, -0.25) is 9.59 Å². The van der Waals surface area contributed by atoms with Gasteiger partial charge in [-0.05, 0) is 49.2 Å². The zero-order valence-electron chi connectivity index (χ0n) is 14.7. The lowest BCUT2D eigenvalue weighted by molar-refractivity contribution is -0.118. The molecule has 1 atom stereocenters. The van der Waals surface area contributed by atoms with Crippen LogP contribution >= 0.6 is 0 Å². The molecule has 1 aliphatic heterocycles. The van der Waals surface area contributed by atoms with Gasteiger partial charge in [0.25, 0.3) is 11.8 Å². The summed E-state index contributed by atoms with van der Waals surface area (Å²) in [7, 11) is 0. The van der Waals surface area contributed by atoms with Crippen LogP contribution in [0.1, 0.15) is 23.2 Å². The standard InChI is InChI=1S/C20H21FN2O4/c21-14-7-9-15(10-8-14)23-19(24)13-27-18-6-2-1-5-17(18)20(25)22-12-16-4-3-11-26-16/h1-2,5-10,16H,3-4,11-13H2,(H,22,25)(H,23,24). The first-order valence-corrected chi connectivity index (χ1v) is 8.79. The van der Waals surface area contributed by atoms with E-state index in [1.165, 1.54) is 24.3 Å². The minimum absolute atomic E-state index is 0.0449. The molecule has 2 amide bonds. The zero-order chi connectivity index (χ0) is 19.1. The molecular weight excluding hydrogens is 351 g/mol. The van der Waals surface area contributed by atoms with Crippen molar-refractivity contribution in [2.45, 2.75) is 18.9 Å². The van der Waals surface area contributed by atoms with Crippen molar-refractivity contribution in [1.29, 1.82) is 0 Å². The molecule has 2 aromatic carbocycles. The first kappa shape index (κ1) is 18.8. The van der Waals surface area contributed by atoms with E-state index in [9.17, 15) is 14.0 Å². The van der Waals surface area contributed by atoms with E-state index in [2.05, 4.69) is 10.6 Å². The Balaban J connectivity index is 1.54. The van der Waals surface area contributed by atoms with Crippen LogP contribution < -0.4 is 15.4 Å². The number of carbonyl (C=O) groups excluding carboxylic acids is 2. The highest BCUT2D eigenvalue weighted by atomic mass is 19.1. The predicted octanol–water partition coefficient (Wildman–Crippen LogP) is 2.75. The molecule has 3 rings (SSSR count). The van der Waals surface area contributed by atoms with Gasteiger partial charge in [0.05, 0.1) is 11.7 Å². The highest BCUT2D eigenvalue weighted by molar-refractivity contribution is 5.97. The Bertz CT molecular complexity index is 789. The first-order valence-electron chi connectivity index (χ1n) is 8.79. The maximum Gasteiger partial charge on any atom is 0.262 e. The highest BCUT2D eigenvalue weighted by Crippen LogP contribution is 2.18. The van der Waals surface area contributed by atoms with Crippen LogP contribution in [0.15, 0.2) is 48.5 Å². The molecule has 27 heavy (non-hydrogen) atoms. The number of carbonyl (C=O) groups is 2. The van der Waals surface area contributed by atoms with Gasteiger partial charge >= 0.3 is 0 Å². The van der Waals surface area contributed by atoms with Crippen molar-refractivity contribution in [3.8, 4) is 5.75 Å². The Kier molecular flexibility index (Phi) is 6.38. The van der Waals surface area contributed by atoms with Crippen LogP contribution in [0, 0.1) is 5.82 Å². The smallest absolute Gasteiger partial charge is 0.262 e. The van der Waals surface area contributed by atoms with E-state index in [0.29, 0.717) is 23.5 Å². The average Bonchev–Trinajstić information content (AvgIpc) is 3.20. The molecule has 0 aliphatic carbocycles. The summed E-state index contributed by atoms with van der Waals surface area (Å²) in [5.74, 6) is -0.750. The summed E-state index contributed by atoms with van der Waals surface area (Å²) in [6, 6.07) is 12.1. The molecule has 6 nitrogen and oxygen atoms in total. The van der Waals surface area contributed by atoms with Crippen LogP contribution in [0.5, 0.6) is 5.75 Å². The van der Waals surface area contributed by atoms with Crippen molar-refractivity contribution < 1.29 is 23.5 Å². The molecule has 0 saturated carbocycles. The topological polar surface area (TPSA) is 76.7 Å². The number of hydrogen-bond acceptors (Lipinski definition) is 4. The van der Waals surface area contributed by atoms with Crippen molar-refractivity contribution >= 4 is 17.5 Å². The van der Waals surface area contributed by atoms with Gasteiger partial charge in [0, 0.05) is 18.8 Å². The third kappa shape index (κ3) is 5.52.